The number of rotatable bonds is 8. The van der Waals surface area contributed by atoms with E-state index in [1.165, 1.54) is 23.1 Å². The molecule has 0 aliphatic heterocycles. The summed E-state index contributed by atoms with van der Waals surface area (Å²) in [4.78, 5) is 41.6. The fourth-order valence-corrected chi connectivity index (χ4v) is 4.47. The summed E-state index contributed by atoms with van der Waals surface area (Å²) in [6, 6.07) is 8.31. The third-order valence-electron chi connectivity index (χ3n) is 4.52. The van der Waals surface area contributed by atoms with Crippen LogP contribution in [0.3, 0.4) is 0 Å². The average molecular weight is 446 g/mol. The zero-order valence-electron chi connectivity index (χ0n) is 17.0. The highest BCUT2D eigenvalue weighted by molar-refractivity contribution is 7.99. The van der Waals surface area contributed by atoms with Crippen LogP contribution in [0.4, 0.5) is 5.69 Å². The standard InChI is InChI=1S/C21H23N3O4S2/c1-4-13(3)24-19(26)18-16(10-11-29-18)23-21(24)30-12-17(25)22-15-8-6-14(7-9-15)20(27)28-5-2/h6-11,13H,4-5,12H2,1-3H3,(H,22,25)/t13-/m1/s1. The monoisotopic (exact) mass is 445 g/mol. The van der Waals surface area contributed by atoms with Gasteiger partial charge in [-0.25, -0.2) is 9.78 Å². The minimum atomic E-state index is -0.399. The van der Waals surface area contributed by atoms with Gasteiger partial charge in [0.2, 0.25) is 5.91 Å². The van der Waals surface area contributed by atoms with Gasteiger partial charge in [-0.3, -0.25) is 14.2 Å². The van der Waals surface area contributed by atoms with Gasteiger partial charge in [0.15, 0.2) is 5.16 Å². The van der Waals surface area contributed by atoms with Gasteiger partial charge in [0, 0.05) is 11.7 Å². The molecule has 0 aliphatic carbocycles. The Kier molecular flexibility index (Phi) is 7.28. The smallest absolute Gasteiger partial charge is 0.338 e. The minimum Gasteiger partial charge on any atom is -0.462 e. The second-order valence-electron chi connectivity index (χ2n) is 6.60. The molecular formula is C21H23N3O4S2. The third-order valence-corrected chi connectivity index (χ3v) is 6.37. The molecule has 0 spiro atoms. The number of amides is 1. The van der Waals surface area contributed by atoms with Crippen molar-refractivity contribution < 1.29 is 14.3 Å². The molecule has 1 atom stereocenters. The highest BCUT2D eigenvalue weighted by atomic mass is 32.2. The van der Waals surface area contributed by atoms with Crippen LogP contribution in [0, 0.1) is 0 Å². The number of ether oxygens (including phenoxy) is 1. The Morgan fingerprint density at radius 2 is 1.97 bits per heavy atom. The summed E-state index contributed by atoms with van der Waals surface area (Å²) in [6.07, 6.45) is 0.783. The molecule has 0 unspecified atom stereocenters. The highest BCUT2D eigenvalue weighted by Gasteiger charge is 2.17. The molecule has 3 rings (SSSR count). The Balaban J connectivity index is 1.71. The van der Waals surface area contributed by atoms with Gasteiger partial charge in [-0.15, -0.1) is 11.3 Å². The van der Waals surface area contributed by atoms with E-state index in [1.54, 1.807) is 35.8 Å². The van der Waals surface area contributed by atoms with E-state index < -0.39 is 5.97 Å². The maximum Gasteiger partial charge on any atom is 0.338 e. The van der Waals surface area contributed by atoms with Crippen molar-refractivity contribution in [1.82, 2.24) is 9.55 Å². The topological polar surface area (TPSA) is 90.3 Å². The zero-order chi connectivity index (χ0) is 21.7. The van der Waals surface area contributed by atoms with Gasteiger partial charge >= 0.3 is 5.97 Å². The number of aromatic nitrogens is 2. The number of anilines is 1. The van der Waals surface area contributed by atoms with Crippen LogP contribution in [0.15, 0.2) is 45.7 Å². The molecule has 0 bridgehead atoms. The molecular weight excluding hydrogens is 422 g/mol. The Hall–Kier alpha value is -2.65. The fraction of sp³-hybridized carbons (Fsp3) is 0.333. The van der Waals surface area contributed by atoms with Crippen LogP contribution in [0.1, 0.15) is 43.6 Å². The number of thiophene rings is 1. The molecule has 30 heavy (non-hydrogen) atoms. The minimum absolute atomic E-state index is 0.0162. The number of thioether (sulfide) groups is 1. The Labute approximate surface area is 182 Å². The molecule has 7 nitrogen and oxygen atoms in total. The molecule has 0 radical (unpaired) electrons. The summed E-state index contributed by atoms with van der Waals surface area (Å²) in [5, 5.41) is 5.18. The number of hydrogen-bond donors (Lipinski definition) is 1. The van der Waals surface area contributed by atoms with Crippen molar-refractivity contribution in [2.75, 3.05) is 17.7 Å². The summed E-state index contributed by atoms with van der Waals surface area (Å²) in [5.74, 6) is -0.513. The lowest BCUT2D eigenvalue weighted by Crippen LogP contribution is -2.26. The van der Waals surface area contributed by atoms with Crippen LogP contribution in [0.25, 0.3) is 10.2 Å². The SMILES string of the molecule is CCOC(=O)c1ccc(NC(=O)CSc2nc3ccsc3c(=O)n2[C@H](C)CC)cc1. The van der Waals surface area contributed by atoms with Gasteiger partial charge < -0.3 is 10.1 Å². The van der Waals surface area contributed by atoms with E-state index >= 15 is 0 Å². The van der Waals surface area contributed by atoms with E-state index in [0.717, 1.165) is 6.42 Å². The molecule has 0 saturated carbocycles. The van der Waals surface area contributed by atoms with Crippen molar-refractivity contribution in [3.05, 3.63) is 51.6 Å². The molecule has 0 saturated heterocycles. The molecule has 9 heteroatoms. The van der Waals surface area contributed by atoms with Crippen LogP contribution in [0.2, 0.25) is 0 Å². The van der Waals surface area contributed by atoms with Crippen molar-refractivity contribution in [2.45, 2.75) is 38.4 Å². The number of nitrogens with one attached hydrogen (secondary N) is 1. The van der Waals surface area contributed by atoms with E-state index in [-0.39, 0.29) is 23.3 Å². The average Bonchev–Trinajstić information content (AvgIpc) is 3.21. The van der Waals surface area contributed by atoms with Gasteiger partial charge in [0.1, 0.15) is 4.70 Å². The number of carbonyl (C=O) groups excluding carboxylic acids is 2. The molecule has 2 heterocycles. The van der Waals surface area contributed by atoms with E-state index in [0.29, 0.717) is 33.2 Å². The molecule has 158 valence electrons. The summed E-state index contributed by atoms with van der Waals surface area (Å²) in [6.45, 7) is 6.03. The van der Waals surface area contributed by atoms with Crippen LogP contribution in [0.5, 0.6) is 0 Å². The number of esters is 1. The highest BCUT2D eigenvalue weighted by Crippen LogP contribution is 2.24. The van der Waals surface area contributed by atoms with Crippen LogP contribution >= 0.6 is 23.1 Å². The predicted molar refractivity (Wildman–Crippen MR) is 121 cm³/mol. The first-order valence-electron chi connectivity index (χ1n) is 9.64. The van der Waals surface area contributed by atoms with E-state index in [4.69, 9.17) is 4.74 Å². The van der Waals surface area contributed by atoms with Crippen molar-refractivity contribution in [2.24, 2.45) is 0 Å². The van der Waals surface area contributed by atoms with Gasteiger partial charge in [-0.2, -0.15) is 0 Å². The van der Waals surface area contributed by atoms with Crippen molar-refractivity contribution in [1.29, 1.82) is 0 Å². The summed E-state index contributed by atoms with van der Waals surface area (Å²) in [5.41, 5.74) is 1.59. The molecule has 1 aromatic carbocycles. The normalized spacial score (nSPS) is 12.0. The quantitative estimate of drug-likeness (QED) is 0.315. The molecule has 0 fully saturated rings. The summed E-state index contributed by atoms with van der Waals surface area (Å²) < 4.78 is 7.25. The van der Waals surface area contributed by atoms with Gasteiger partial charge in [0.05, 0.1) is 23.4 Å². The Bertz CT molecular complexity index is 1110. The maximum absolute atomic E-state index is 12.9. The summed E-state index contributed by atoms with van der Waals surface area (Å²) >= 11 is 2.62. The van der Waals surface area contributed by atoms with Crippen molar-refractivity contribution >= 4 is 50.9 Å². The van der Waals surface area contributed by atoms with Gasteiger partial charge in [0.25, 0.3) is 5.56 Å². The fourth-order valence-electron chi connectivity index (χ4n) is 2.81. The maximum atomic E-state index is 12.9. The number of nitrogens with zero attached hydrogens (tertiary/aromatic N) is 2. The number of fused-ring (bicyclic) bond motifs is 1. The lowest BCUT2D eigenvalue weighted by molar-refractivity contribution is -0.113. The first-order valence-corrected chi connectivity index (χ1v) is 11.5. The van der Waals surface area contributed by atoms with Crippen LogP contribution in [-0.2, 0) is 9.53 Å². The van der Waals surface area contributed by atoms with Gasteiger partial charge in [-0.1, -0.05) is 18.7 Å². The third kappa shape index (κ3) is 4.91. The largest absolute Gasteiger partial charge is 0.462 e. The Morgan fingerprint density at radius 1 is 1.23 bits per heavy atom. The number of hydrogen-bond acceptors (Lipinski definition) is 7. The number of carbonyl (C=O) groups is 2. The lowest BCUT2D eigenvalue weighted by Gasteiger charge is -2.17. The molecule has 1 amide bonds. The van der Waals surface area contributed by atoms with Gasteiger partial charge in [-0.05, 0) is 56.0 Å². The van der Waals surface area contributed by atoms with Crippen LogP contribution in [-0.4, -0.2) is 33.8 Å². The van der Waals surface area contributed by atoms with E-state index in [2.05, 4.69) is 10.3 Å². The van der Waals surface area contributed by atoms with Crippen molar-refractivity contribution in [3.8, 4) is 0 Å². The first-order chi connectivity index (χ1) is 14.4. The first kappa shape index (κ1) is 22.0. The van der Waals surface area contributed by atoms with Crippen molar-refractivity contribution in [3.63, 3.8) is 0 Å². The number of benzene rings is 1. The molecule has 3 aromatic rings. The second kappa shape index (κ2) is 9.90. The second-order valence-corrected chi connectivity index (χ2v) is 8.46. The van der Waals surface area contributed by atoms with Crippen LogP contribution < -0.4 is 10.9 Å². The molecule has 0 aliphatic rings. The van der Waals surface area contributed by atoms with E-state index in [9.17, 15) is 14.4 Å². The molecule has 1 N–H and O–H groups in total. The Morgan fingerprint density at radius 3 is 2.63 bits per heavy atom. The summed E-state index contributed by atoms with van der Waals surface area (Å²) in [7, 11) is 0. The zero-order valence-corrected chi connectivity index (χ0v) is 18.6. The lowest BCUT2D eigenvalue weighted by atomic mass is 10.2. The predicted octanol–water partition coefficient (Wildman–Crippen LogP) is 4.34. The van der Waals surface area contributed by atoms with E-state index in [1.807, 2.05) is 25.3 Å². The molecule has 2 aromatic heterocycles.